The van der Waals surface area contributed by atoms with Crippen LogP contribution in [0.1, 0.15) is 40.9 Å². The van der Waals surface area contributed by atoms with Crippen LogP contribution in [-0.4, -0.2) is 29.4 Å². The molecule has 1 aromatic heterocycles. The third-order valence-electron chi connectivity index (χ3n) is 4.74. The van der Waals surface area contributed by atoms with Crippen LogP contribution in [0.5, 0.6) is 0 Å². The molecule has 2 heterocycles. The Kier molecular flexibility index (Phi) is 3.48. The highest BCUT2D eigenvalue weighted by Gasteiger charge is 2.28. The highest BCUT2D eigenvalue weighted by molar-refractivity contribution is 6.09. The number of pyridine rings is 1. The summed E-state index contributed by atoms with van der Waals surface area (Å²) in [6.45, 7) is 0.693. The largest absolute Gasteiger partial charge is 0.354 e. The number of fused-ring (bicyclic) bond motifs is 2. The zero-order chi connectivity index (χ0) is 15.8. The maximum atomic E-state index is 12.9. The van der Waals surface area contributed by atoms with Crippen LogP contribution in [0.3, 0.4) is 0 Å². The summed E-state index contributed by atoms with van der Waals surface area (Å²) in [6, 6.07) is 7.32. The van der Waals surface area contributed by atoms with Gasteiger partial charge >= 0.3 is 0 Å². The molecule has 1 aliphatic heterocycles. The average molecular weight is 309 g/mol. The van der Waals surface area contributed by atoms with E-state index in [1.54, 1.807) is 0 Å². The third-order valence-corrected chi connectivity index (χ3v) is 4.74. The van der Waals surface area contributed by atoms with Crippen molar-refractivity contribution in [1.82, 2.24) is 15.6 Å². The summed E-state index contributed by atoms with van der Waals surface area (Å²) in [7, 11) is 0. The first-order chi connectivity index (χ1) is 11.2. The van der Waals surface area contributed by atoms with Gasteiger partial charge in [-0.25, -0.2) is 0 Å². The van der Waals surface area contributed by atoms with Gasteiger partial charge in [-0.2, -0.15) is 0 Å². The van der Waals surface area contributed by atoms with Gasteiger partial charge in [0.1, 0.15) is 6.04 Å². The van der Waals surface area contributed by atoms with Gasteiger partial charge in [0.05, 0.1) is 11.1 Å². The van der Waals surface area contributed by atoms with E-state index in [4.69, 9.17) is 4.98 Å². The van der Waals surface area contributed by atoms with Crippen LogP contribution < -0.4 is 10.6 Å². The van der Waals surface area contributed by atoms with E-state index in [-0.39, 0.29) is 11.8 Å². The van der Waals surface area contributed by atoms with Crippen LogP contribution in [0.4, 0.5) is 0 Å². The monoisotopic (exact) mass is 309 g/mol. The van der Waals surface area contributed by atoms with Gasteiger partial charge in [0.25, 0.3) is 5.91 Å². The summed E-state index contributed by atoms with van der Waals surface area (Å²) in [6.07, 6.45) is 4.43. The lowest BCUT2D eigenvalue weighted by Gasteiger charge is -2.23. The number of nitrogens with zero attached hydrogens (tertiary/aromatic N) is 1. The summed E-state index contributed by atoms with van der Waals surface area (Å²) in [5.74, 6) is -0.233. The quantitative estimate of drug-likeness (QED) is 0.887. The molecule has 0 bridgehead atoms. The van der Waals surface area contributed by atoms with Crippen molar-refractivity contribution in [2.75, 3.05) is 6.54 Å². The molecule has 2 amide bonds. The second kappa shape index (κ2) is 5.65. The Morgan fingerprint density at radius 2 is 2.09 bits per heavy atom. The summed E-state index contributed by atoms with van der Waals surface area (Å²) < 4.78 is 0. The molecule has 1 fully saturated rings. The van der Waals surface area contributed by atoms with Gasteiger partial charge in [0.15, 0.2) is 0 Å². The molecule has 5 nitrogen and oxygen atoms in total. The first kappa shape index (κ1) is 14.2. The van der Waals surface area contributed by atoms with Crippen molar-refractivity contribution in [3.05, 3.63) is 41.1 Å². The minimum atomic E-state index is -0.430. The Hall–Kier alpha value is -2.43. The number of amides is 2. The van der Waals surface area contributed by atoms with Crippen molar-refractivity contribution in [2.24, 2.45) is 0 Å². The van der Waals surface area contributed by atoms with Crippen molar-refractivity contribution in [3.8, 4) is 0 Å². The Morgan fingerprint density at radius 3 is 2.96 bits per heavy atom. The van der Waals surface area contributed by atoms with Gasteiger partial charge in [-0.15, -0.1) is 0 Å². The molecular formula is C18H19N3O2. The van der Waals surface area contributed by atoms with Crippen LogP contribution >= 0.6 is 0 Å². The number of carbonyl (C=O) groups is 2. The lowest BCUT2D eigenvalue weighted by Crippen LogP contribution is -2.50. The molecule has 0 radical (unpaired) electrons. The highest BCUT2D eigenvalue weighted by atomic mass is 16.2. The number of para-hydroxylation sites is 1. The van der Waals surface area contributed by atoms with Crippen molar-refractivity contribution in [1.29, 1.82) is 0 Å². The van der Waals surface area contributed by atoms with E-state index in [2.05, 4.69) is 10.6 Å². The summed E-state index contributed by atoms with van der Waals surface area (Å²) >= 11 is 0. The molecule has 2 aromatic rings. The van der Waals surface area contributed by atoms with E-state index in [0.29, 0.717) is 18.5 Å². The summed E-state index contributed by atoms with van der Waals surface area (Å²) in [4.78, 5) is 29.5. The number of hydrogen-bond acceptors (Lipinski definition) is 3. The topological polar surface area (TPSA) is 71.1 Å². The molecule has 1 aliphatic carbocycles. The van der Waals surface area contributed by atoms with Crippen molar-refractivity contribution < 1.29 is 9.59 Å². The Balaban J connectivity index is 1.75. The summed E-state index contributed by atoms with van der Waals surface area (Å²) in [5.41, 5.74) is 3.65. The molecule has 2 aliphatic rings. The van der Waals surface area contributed by atoms with Gasteiger partial charge in [-0.3, -0.25) is 14.6 Å². The van der Waals surface area contributed by atoms with E-state index in [0.717, 1.165) is 47.8 Å². The van der Waals surface area contributed by atoms with Gasteiger partial charge in [-0.1, -0.05) is 18.2 Å². The number of aromatic nitrogens is 1. The second-order valence-corrected chi connectivity index (χ2v) is 6.24. The number of benzene rings is 1. The first-order valence-electron chi connectivity index (χ1n) is 8.23. The van der Waals surface area contributed by atoms with E-state index >= 15 is 0 Å². The number of aryl methyl sites for hydroxylation is 1. The fraction of sp³-hybridized carbons (Fsp3) is 0.389. The van der Waals surface area contributed by atoms with E-state index in [1.807, 2.05) is 24.3 Å². The van der Waals surface area contributed by atoms with Crippen molar-refractivity contribution in [3.63, 3.8) is 0 Å². The van der Waals surface area contributed by atoms with Gasteiger partial charge in [0, 0.05) is 17.6 Å². The zero-order valence-electron chi connectivity index (χ0n) is 12.9. The standard InChI is InChI=1S/C18H19N3O2/c22-17-15(9-4-10-19-17)21-18(23)16-11-5-1-2-7-13(11)20-14-8-3-6-12(14)16/h1-2,5,7,15H,3-4,6,8-10H2,(H,19,22)(H,21,23)/t15-/m0/s1. The van der Waals surface area contributed by atoms with Crippen LogP contribution in [-0.2, 0) is 17.6 Å². The van der Waals surface area contributed by atoms with Crippen LogP contribution in [0.25, 0.3) is 10.9 Å². The minimum absolute atomic E-state index is 0.0837. The lowest BCUT2D eigenvalue weighted by molar-refractivity contribution is -0.124. The Labute approximate surface area is 134 Å². The van der Waals surface area contributed by atoms with Crippen LogP contribution in [0.2, 0.25) is 0 Å². The molecule has 4 rings (SSSR count). The average Bonchev–Trinajstić information content (AvgIpc) is 3.02. The van der Waals surface area contributed by atoms with Crippen molar-refractivity contribution in [2.45, 2.75) is 38.1 Å². The fourth-order valence-corrected chi connectivity index (χ4v) is 3.61. The van der Waals surface area contributed by atoms with E-state index in [9.17, 15) is 9.59 Å². The number of rotatable bonds is 2. The predicted molar refractivity (Wildman–Crippen MR) is 87.3 cm³/mol. The molecule has 1 atom stereocenters. The smallest absolute Gasteiger partial charge is 0.252 e. The molecule has 1 aromatic carbocycles. The third kappa shape index (κ3) is 2.46. The maximum absolute atomic E-state index is 12.9. The Bertz CT molecular complexity index is 800. The number of carbonyl (C=O) groups excluding carboxylic acids is 2. The van der Waals surface area contributed by atoms with Crippen LogP contribution in [0, 0.1) is 0 Å². The molecule has 118 valence electrons. The van der Waals surface area contributed by atoms with E-state index < -0.39 is 6.04 Å². The first-order valence-corrected chi connectivity index (χ1v) is 8.23. The summed E-state index contributed by atoms with van der Waals surface area (Å²) in [5, 5.41) is 6.62. The maximum Gasteiger partial charge on any atom is 0.252 e. The number of hydrogen-bond donors (Lipinski definition) is 2. The highest BCUT2D eigenvalue weighted by Crippen LogP contribution is 2.30. The molecule has 23 heavy (non-hydrogen) atoms. The molecule has 2 N–H and O–H groups in total. The normalized spacial score (nSPS) is 20.2. The van der Waals surface area contributed by atoms with Gasteiger partial charge in [0.2, 0.25) is 5.91 Å². The number of nitrogens with one attached hydrogen (secondary N) is 2. The molecule has 5 heteroatoms. The van der Waals surface area contributed by atoms with Gasteiger partial charge in [-0.05, 0) is 43.7 Å². The molecule has 1 saturated heterocycles. The fourth-order valence-electron chi connectivity index (χ4n) is 3.61. The zero-order valence-corrected chi connectivity index (χ0v) is 12.9. The minimum Gasteiger partial charge on any atom is -0.354 e. The van der Waals surface area contributed by atoms with Gasteiger partial charge < -0.3 is 10.6 Å². The molecule has 0 unspecified atom stereocenters. The molecule has 0 spiro atoms. The van der Waals surface area contributed by atoms with Crippen LogP contribution in [0.15, 0.2) is 24.3 Å². The lowest BCUT2D eigenvalue weighted by atomic mass is 9.99. The SMILES string of the molecule is O=C(N[C@H]1CCCNC1=O)c1c2c(nc3ccccc13)CCC2. The van der Waals surface area contributed by atoms with Crippen molar-refractivity contribution >= 4 is 22.7 Å². The molecular weight excluding hydrogens is 290 g/mol. The Morgan fingerprint density at radius 1 is 1.22 bits per heavy atom. The predicted octanol–water partition coefficient (Wildman–Crippen LogP) is 1.73. The number of piperidine rings is 1. The second-order valence-electron chi connectivity index (χ2n) is 6.24. The van der Waals surface area contributed by atoms with E-state index in [1.165, 1.54) is 0 Å². The molecule has 0 saturated carbocycles.